The summed E-state index contributed by atoms with van der Waals surface area (Å²) in [6.07, 6.45) is 1.68. The molecule has 1 heterocycles. The van der Waals surface area contributed by atoms with E-state index in [0.29, 0.717) is 18.8 Å². The zero-order valence-electron chi connectivity index (χ0n) is 10.8. The molecule has 1 rings (SSSR count). The maximum atomic E-state index is 12.1. The van der Waals surface area contributed by atoms with Gasteiger partial charge in [0.2, 0.25) is 0 Å². The van der Waals surface area contributed by atoms with E-state index in [1.54, 1.807) is 10.9 Å². The van der Waals surface area contributed by atoms with E-state index < -0.39 is 0 Å². The van der Waals surface area contributed by atoms with Gasteiger partial charge in [0, 0.05) is 6.54 Å². The van der Waals surface area contributed by atoms with Gasteiger partial charge in [-0.05, 0) is 44.1 Å². The Morgan fingerprint density at radius 3 is 2.53 bits per heavy atom. The van der Waals surface area contributed by atoms with Crippen molar-refractivity contribution in [3.05, 3.63) is 16.4 Å². The second-order valence-corrected chi connectivity index (χ2v) is 5.38. The van der Waals surface area contributed by atoms with Gasteiger partial charge in [0.15, 0.2) is 5.78 Å². The van der Waals surface area contributed by atoms with E-state index in [-0.39, 0.29) is 5.78 Å². The van der Waals surface area contributed by atoms with Gasteiger partial charge in [0.1, 0.15) is 5.69 Å². The highest BCUT2D eigenvalue weighted by Crippen LogP contribution is 2.16. The van der Waals surface area contributed by atoms with Crippen LogP contribution in [0.3, 0.4) is 0 Å². The lowest BCUT2D eigenvalue weighted by molar-refractivity contribution is 0.0945. The van der Waals surface area contributed by atoms with Crippen LogP contribution in [0.4, 0.5) is 0 Å². The lowest BCUT2D eigenvalue weighted by Crippen LogP contribution is -2.26. The Labute approximate surface area is 111 Å². The molecule has 1 aromatic heterocycles. The highest BCUT2D eigenvalue weighted by Gasteiger charge is 2.17. The molecule has 0 aliphatic heterocycles. The molecule has 0 spiro atoms. The highest BCUT2D eigenvalue weighted by molar-refractivity contribution is 9.10. The van der Waals surface area contributed by atoms with Crippen molar-refractivity contribution in [2.75, 3.05) is 41.3 Å². The van der Waals surface area contributed by atoms with Crippen molar-refractivity contribution < 1.29 is 4.79 Å². The lowest BCUT2D eigenvalue weighted by atomic mass is 10.2. The number of ketones is 1. The summed E-state index contributed by atoms with van der Waals surface area (Å²) in [7, 11) is 7.76. The maximum absolute atomic E-state index is 12.1. The molecule has 0 atom stereocenters. The van der Waals surface area contributed by atoms with E-state index in [0.717, 1.165) is 11.0 Å². The average Bonchev–Trinajstić information content (AvgIpc) is 2.55. The Bertz CT molecular complexity index is 387. The molecule has 0 fully saturated rings. The molecule has 17 heavy (non-hydrogen) atoms. The van der Waals surface area contributed by atoms with Crippen LogP contribution in [0, 0.1) is 0 Å². The molecule has 0 radical (unpaired) electrons. The van der Waals surface area contributed by atoms with Crippen molar-refractivity contribution in [3.63, 3.8) is 0 Å². The van der Waals surface area contributed by atoms with Crippen molar-refractivity contribution in [2.45, 2.75) is 6.54 Å². The number of rotatable bonds is 6. The molecule has 5 nitrogen and oxygen atoms in total. The third kappa shape index (κ3) is 4.22. The minimum absolute atomic E-state index is 0.0816. The van der Waals surface area contributed by atoms with Crippen LogP contribution in [0.25, 0.3) is 0 Å². The minimum Gasteiger partial charge on any atom is -0.308 e. The third-order valence-electron chi connectivity index (χ3n) is 2.28. The first kappa shape index (κ1) is 14.3. The fourth-order valence-electron chi connectivity index (χ4n) is 1.47. The fraction of sp³-hybridized carbons (Fsp3) is 0.636. The molecule has 0 bridgehead atoms. The van der Waals surface area contributed by atoms with Gasteiger partial charge in [-0.1, -0.05) is 0 Å². The van der Waals surface area contributed by atoms with E-state index in [1.807, 2.05) is 33.1 Å². The molecule has 6 heteroatoms. The molecule has 96 valence electrons. The summed E-state index contributed by atoms with van der Waals surface area (Å²) in [5, 5.41) is 4.22. The first-order valence-corrected chi connectivity index (χ1v) is 6.25. The predicted octanol–water partition coefficient (Wildman–Crippen LogP) is 0.951. The molecule has 1 aromatic rings. The van der Waals surface area contributed by atoms with Crippen LogP contribution in [0.5, 0.6) is 0 Å². The van der Waals surface area contributed by atoms with Crippen LogP contribution in [-0.4, -0.2) is 66.6 Å². The molecular weight excluding hydrogens is 284 g/mol. The van der Waals surface area contributed by atoms with Crippen molar-refractivity contribution >= 4 is 21.7 Å². The molecule has 0 unspecified atom stereocenters. The average molecular weight is 303 g/mol. The van der Waals surface area contributed by atoms with Gasteiger partial charge >= 0.3 is 0 Å². The van der Waals surface area contributed by atoms with Crippen molar-refractivity contribution in [2.24, 2.45) is 0 Å². The van der Waals surface area contributed by atoms with Gasteiger partial charge in [-0.15, -0.1) is 0 Å². The van der Waals surface area contributed by atoms with Gasteiger partial charge in [-0.3, -0.25) is 9.48 Å². The molecule has 0 aromatic carbocycles. The molecule has 0 saturated heterocycles. The third-order valence-corrected chi connectivity index (χ3v) is 2.86. The Balaban J connectivity index is 2.82. The van der Waals surface area contributed by atoms with E-state index in [2.05, 4.69) is 25.9 Å². The first-order valence-electron chi connectivity index (χ1n) is 5.45. The van der Waals surface area contributed by atoms with Crippen LogP contribution in [0.1, 0.15) is 10.5 Å². The van der Waals surface area contributed by atoms with Gasteiger partial charge in [0.25, 0.3) is 0 Å². The number of aromatic nitrogens is 2. The topological polar surface area (TPSA) is 41.4 Å². The molecule has 0 aliphatic carbocycles. The monoisotopic (exact) mass is 302 g/mol. The van der Waals surface area contributed by atoms with Crippen molar-refractivity contribution in [1.29, 1.82) is 0 Å². The summed E-state index contributed by atoms with van der Waals surface area (Å²) < 4.78 is 2.53. The number of likely N-dealkylation sites (N-methyl/N-ethyl adjacent to an activating group) is 2. The Hall–Kier alpha value is -0.720. The van der Waals surface area contributed by atoms with E-state index in [1.165, 1.54) is 0 Å². The lowest BCUT2D eigenvalue weighted by Gasteiger charge is -2.13. The van der Waals surface area contributed by atoms with Crippen molar-refractivity contribution in [1.82, 2.24) is 19.6 Å². The van der Waals surface area contributed by atoms with E-state index in [4.69, 9.17) is 0 Å². The van der Waals surface area contributed by atoms with Gasteiger partial charge in [-0.2, -0.15) is 5.10 Å². The Morgan fingerprint density at radius 2 is 2.00 bits per heavy atom. The Kier molecular flexibility index (Phi) is 5.30. The second-order valence-electron chi connectivity index (χ2n) is 4.53. The molecule has 0 amide bonds. The quantitative estimate of drug-likeness (QED) is 0.734. The maximum Gasteiger partial charge on any atom is 0.195 e. The molecule has 0 aliphatic rings. The van der Waals surface area contributed by atoms with Crippen LogP contribution >= 0.6 is 15.9 Å². The van der Waals surface area contributed by atoms with E-state index in [9.17, 15) is 4.79 Å². The second kappa shape index (κ2) is 6.28. The summed E-state index contributed by atoms with van der Waals surface area (Å²) in [5.41, 5.74) is 0.653. The van der Waals surface area contributed by atoms with Gasteiger partial charge in [0.05, 0.1) is 23.8 Å². The number of carbonyl (C=O) groups excluding carboxylic acids is 1. The summed E-state index contributed by atoms with van der Waals surface area (Å²) >= 11 is 3.38. The number of hydrogen-bond donors (Lipinski definition) is 0. The van der Waals surface area contributed by atoms with Gasteiger partial charge in [-0.25, -0.2) is 0 Å². The number of carbonyl (C=O) groups is 1. The fourth-order valence-corrected chi connectivity index (χ4v) is 1.98. The van der Waals surface area contributed by atoms with Crippen LogP contribution in [-0.2, 0) is 6.54 Å². The SMILES string of the molecule is CN(C)CCn1ncc(Br)c1C(=O)CN(C)C. The summed E-state index contributed by atoms with van der Waals surface area (Å²) in [4.78, 5) is 16.0. The van der Waals surface area contributed by atoms with Crippen LogP contribution < -0.4 is 0 Å². The van der Waals surface area contributed by atoms with Crippen molar-refractivity contribution in [3.8, 4) is 0 Å². The predicted molar refractivity (Wildman–Crippen MR) is 71.4 cm³/mol. The zero-order chi connectivity index (χ0) is 13.0. The summed E-state index contributed by atoms with van der Waals surface area (Å²) in [5.74, 6) is 0.0816. The number of Topliss-reactive ketones (excluding diaryl/α,β-unsaturated/α-hetero) is 1. The molecule has 0 N–H and O–H groups in total. The largest absolute Gasteiger partial charge is 0.308 e. The summed E-state index contributed by atoms with van der Waals surface area (Å²) in [6, 6.07) is 0. The Morgan fingerprint density at radius 1 is 1.35 bits per heavy atom. The van der Waals surface area contributed by atoms with E-state index >= 15 is 0 Å². The van der Waals surface area contributed by atoms with Crippen LogP contribution in [0.2, 0.25) is 0 Å². The number of nitrogens with zero attached hydrogens (tertiary/aromatic N) is 4. The molecular formula is C11H19BrN4O. The standard InChI is InChI=1S/C11H19BrN4O/c1-14(2)5-6-16-11(9(12)7-13-16)10(17)8-15(3)4/h7H,5-6,8H2,1-4H3. The zero-order valence-corrected chi connectivity index (χ0v) is 12.4. The number of halogens is 1. The first-order chi connectivity index (χ1) is 7.91. The van der Waals surface area contributed by atoms with Gasteiger partial charge < -0.3 is 9.80 Å². The summed E-state index contributed by atoms with van der Waals surface area (Å²) in [6.45, 7) is 1.97. The smallest absolute Gasteiger partial charge is 0.195 e. The van der Waals surface area contributed by atoms with Crippen LogP contribution in [0.15, 0.2) is 10.7 Å². The highest BCUT2D eigenvalue weighted by atomic mass is 79.9. The molecule has 0 saturated carbocycles. The number of hydrogen-bond acceptors (Lipinski definition) is 4. The normalized spacial score (nSPS) is 11.5. The minimum atomic E-state index is 0.0816.